The molecule has 0 unspecified atom stereocenters. The Hall–Kier alpha value is -1.30. The van der Waals surface area contributed by atoms with E-state index in [1.54, 1.807) is 24.4 Å². The number of rotatable bonds is 3. The van der Waals surface area contributed by atoms with Gasteiger partial charge >= 0.3 is 5.97 Å². The van der Waals surface area contributed by atoms with Gasteiger partial charge in [0.05, 0.1) is 22.3 Å². The summed E-state index contributed by atoms with van der Waals surface area (Å²) in [6.07, 6.45) is 0. The Morgan fingerprint density at radius 2 is 2.21 bits per heavy atom. The number of nitrogens with zero attached hydrogens (tertiary/aromatic N) is 1. The summed E-state index contributed by atoms with van der Waals surface area (Å²) in [5, 5.41) is 2.90. The van der Waals surface area contributed by atoms with E-state index in [2.05, 4.69) is 4.98 Å². The molecule has 0 saturated carbocycles. The highest BCUT2D eigenvalue weighted by Crippen LogP contribution is 2.39. The first-order chi connectivity index (χ1) is 9.04. The highest BCUT2D eigenvalue weighted by atomic mass is 35.5. The smallest absolute Gasteiger partial charge is 0.357 e. The van der Waals surface area contributed by atoms with Crippen LogP contribution in [0.5, 0.6) is 0 Å². The molecule has 0 spiro atoms. The molecule has 0 aliphatic rings. The lowest BCUT2D eigenvalue weighted by molar-refractivity contribution is 0.0520. The van der Waals surface area contributed by atoms with Gasteiger partial charge in [-0.25, -0.2) is 9.78 Å². The minimum Gasteiger partial charge on any atom is -0.461 e. The quantitative estimate of drug-likeness (QED) is 0.689. The second-order valence-corrected chi connectivity index (χ2v) is 5.23. The average molecular weight is 317 g/mol. The molecule has 100 valence electrons. The van der Waals surface area contributed by atoms with Crippen molar-refractivity contribution in [3.63, 3.8) is 0 Å². The molecule has 0 amide bonds. The van der Waals surface area contributed by atoms with E-state index in [9.17, 15) is 4.79 Å². The zero-order chi connectivity index (χ0) is 14.0. The Bertz CT molecular complexity index is 628. The number of ether oxygens (including phenoxy) is 1. The summed E-state index contributed by atoms with van der Waals surface area (Å²) >= 11 is 13.5. The Balaban J connectivity index is 2.44. The minimum absolute atomic E-state index is 0.233. The third-order valence-corrected chi connectivity index (χ3v) is 3.91. The number of anilines is 1. The summed E-state index contributed by atoms with van der Waals surface area (Å²) in [4.78, 5) is 15.7. The summed E-state index contributed by atoms with van der Waals surface area (Å²) < 4.78 is 4.88. The van der Waals surface area contributed by atoms with Crippen molar-refractivity contribution in [3.05, 3.63) is 33.3 Å². The first-order valence-corrected chi connectivity index (χ1v) is 7.04. The van der Waals surface area contributed by atoms with Gasteiger partial charge in [0.2, 0.25) is 0 Å². The normalized spacial score (nSPS) is 10.5. The van der Waals surface area contributed by atoms with Gasteiger partial charge in [-0.3, -0.25) is 0 Å². The van der Waals surface area contributed by atoms with E-state index < -0.39 is 5.97 Å². The van der Waals surface area contributed by atoms with Crippen molar-refractivity contribution in [2.75, 3.05) is 12.3 Å². The molecule has 1 aromatic heterocycles. The van der Waals surface area contributed by atoms with Gasteiger partial charge < -0.3 is 10.5 Å². The molecule has 2 rings (SSSR count). The van der Waals surface area contributed by atoms with Crippen LogP contribution in [-0.2, 0) is 4.74 Å². The number of halogens is 2. The highest BCUT2D eigenvalue weighted by molar-refractivity contribution is 7.13. The zero-order valence-electron chi connectivity index (χ0n) is 9.94. The zero-order valence-corrected chi connectivity index (χ0v) is 12.3. The van der Waals surface area contributed by atoms with Crippen molar-refractivity contribution in [1.82, 2.24) is 4.98 Å². The van der Waals surface area contributed by atoms with Crippen molar-refractivity contribution in [2.24, 2.45) is 0 Å². The fourth-order valence-electron chi connectivity index (χ4n) is 1.45. The first kappa shape index (κ1) is 14.1. The van der Waals surface area contributed by atoms with E-state index in [-0.39, 0.29) is 5.69 Å². The summed E-state index contributed by atoms with van der Waals surface area (Å²) in [6, 6.07) is 3.26. The van der Waals surface area contributed by atoms with Crippen LogP contribution in [0.3, 0.4) is 0 Å². The van der Waals surface area contributed by atoms with Crippen LogP contribution >= 0.6 is 34.5 Å². The number of aromatic nitrogens is 1. The van der Waals surface area contributed by atoms with Crippen LogP contribution in [0.1, 0.15) is 17.4 Å². The van der Waals surface area contributed by atoms with Crippen LogP contribution in [-0.4, -0.2) is 17.6 Å². The molecule has 0 bridgehead atoms. The second kappa shape index (κ2) is 5.77. The van der Waals surface area contributed by atoms with Crippen LogP contribution in [0, 0.1) is 0 Å². The van der Waals surface area contributed by atoms with Crippen LogP contribution in [0.4, 0.5) is 5.69 Å². The highest BCUT2D eigenvalue weighted by Gasteiger charge is 2.17. The molecule has 0 radical (unpaired) electrons. The largest absolute Gasteiger partial charge is 0.461 e. The monoisotopic (exact) mass is 316 g/mol. The van der Waals surface area contributed by atoms with Gasteiger partial charge in [-0.2, -0.15) is 0 Å². The number of carbonyl (C=O) groups is 1. The van der Waals surface area contributed by atoms with Gasteiger partial charge in [-0.15, -0.1) is 11.3 Å². The van der Waals surface area contributed by atoms with Crippen LogP contribution in [0.2, 0.25) is 10.0 Å². The molecule has 1 aromatic carbocycles. The molecule has 19 heavy (non-hydrogen) atoms. The van der Waals surface area contributed by atoms with Gasteiger partial charge in [0, 0.05) is 10.9 Å². The van der Waals surface area contributed by atoms with E-state index in [1.165, 1.54) is 11.3 Å². The standard InChI is InChI=1S/C12H10Cl2N2O2S/c1-2-18-12(17)8-5-19-11(16-8)9-6(13)3-4-7(15)10(9)14/h3-5H,2,15H2,1H3. The Morgan fingerprint density at radius 3 is 2.89 bits per heavy atom. The van der Waals surface area contributed by atoms with E-state index in [4.69, 9.17) is 33.7 Å². The van der Waals surface area contributed by atoms with Crippen molar-refractivity contribution in [2.45, 2.75) is 6.92 Å². The fourth-order valence-corrected chi connectivity index (χ4v) is 2.97. The Morgan fingerprint density at radius 1 is 1.47 bits per heavy atom. The molecule has 0 aliphatic heterocycles. The minimum atomic E-state index is -0.471. The molecule has 0 aliphatic carbocycles. The second-order valence-electron chi connectivity index (χ2n) is 3.58. The van der Waals surface area contributed by atoms with E-state index in [1.807, 2.05) is 0 Å². The van der Waals surface area contributed by atoms with E-state index in [0.717, 1.165) is 0 Å². The predicted octanol–water partition coefficient (Wildman–Crippen LogP) is 3.88. The molecule has 0 saturated heterocycles. The van der Waals surface area contributed by atoms with Crippen LogP contribution < -0.4 is 5.73 Å². The summed E-state index contributed by atoms with van der Waals surface area (Å²) in [5.74, 6) is -0.471. The number of esters is 1. The van der Waals surface area contributed by atoms with Crippen LogP contribution in [0.25, 0.3) is 10.6 Å². The fraction of sp³-hybridized carbons (Fsp3) is 0.167. The number of nitrogen functional groups attached to an aromatic ring is 1. The lowest BCUT2D eigenvalue weighted by Crippen LogP contribution is -2.04. The molecule has 4 nitrogen and oxygen atoms in total. The number of benzene rings is 1. The number of thiazole rings is 1. The van der Waals surface area contributed by atoms with Gasteiger partial charge in [-0.05, 0) is 19.1 Å². The molecule has 0 atom stereocenters. The third-order valence-electron chi connectivity index (χ3n) is 2.32. The van der Waals surface area contributed by atoms with Crippen molar-refractivity contribution >= 4 is 46.2 Å². The lowest BCUT2D eigenvalue weighted by atomic mass is 10.2. The molecular weight excluding hydrogens is 307 g/mol. The number of hydrogen-bond acceptors (Lipinski definition) is 5. The maximum Gasteiger partial charge on any atom is 0.357 e. The van der Waals surface area contributed by atoms with Gasteiger partial charge in [0.1, 0.15) is 5.01 Å². The van der Waals surface area contributed by atoms with Crippen LogP contribution in [0.15, 0.2) is 17.5 Å². The number of nitrogens with two attached hydrogens (primary N) is 1. The lowest BCUT2D eigenvalue weighted by Gasteiger charge is -2.06. The molecule has 2 aromatic rings. The Labute approximate surface area is 124 Å². The number of hydrogen-bond donors (Lipinski definition) is 1. The third kappa shape index (κ3) is 2.83. The van der Waals surface area contributed by atoms with Crippen molar-refractivity contribution in [3.8, 4) is 10.6 Å². The summed E-state index contributed by atoms with van der Waals surface area (Å²) in [6.45, 7) is 2.03. The maximum absolute atomic E-state index is 11.6. The molecule has 2 N–H and O–H groups in total. The first-order valence-electron chi connectivity index (χ1n) is 5.41. The molecule has 7 heteroatoms. The topological polar surface area (TPSA) is 65.2 Å². The van der Waals surface area contributed by atoms with Gasteiger partial charge in [0.25, 0.3) is 0 Å². The summed E-state index contributed by atoms with van der Waals surface area (Å²) in [7, 11) is 0. The SMILES string of the molecule is CCOC(=O)c1csc(-c2c(Cl)ccc(N)c2Cl)n1. The molecule has 0 fully saturated rings. The molecular formula is C12H10Cl2N2O2S. The summed E-state index contributed by atoms with van der Waals surface area (Å²) in [5.41, 5.74) is 6.91. The molecule has 1 heterocycles. The van der Waals surface area contributed by atoms with Gasteiger partial charge in [0.15, 0.2) is 5.69 Å². The van der Waals surface area contributed by atoms with Crippen molar-refractivity contribution < 1.29 is 9.53 Å². The Kier molecular flexibility index (Phi) is 4.29. The van der Waals surface area contributed by atoms with E-state index >= 15 is 0 Å². The predicted molar refractivity (Wildman–Crippen MR) is 77.9 cm³/mol. The van der Waals surface area contributed by atoms with Gasteiger partial charge in [-0.1, -0.05) is 23.2 Å². The maximum atomic E-state index is 11.6. The number of carbonyl (C=O) groups excluding carboxylic acids is 1. The van der Waals surface area contributed by atoms with E-state index in [0.29, 0.717) is 32.9 Å². The van der Waals surface area contributed by atoms with Crippen molar-refractivity contribution in [1.29, 1.82) is 0 Å². The average Bonchev–Trinajstić information content (AvgIpc) is 2.84.